The largest absolute Gasteiger partial charge is 0.337 e. The maximum Gasteiger partial charge on any atom is 0.224 e. The lowest BCUT2D eigenvalue weighted by molar-refractivity contribution is -0.127. The first-order valence-corrected chi connectivity index (χ1v) is 6.52. The summed E-state index contributed by atoms with van der Waals surface area (Å²) in [6.07, 6.45) is 2.10. The summed E-state index contributed by atoms with van der Waals surface area (Å²) < 4.78 is 0. The Labute approximate surface area is 116 Å². The van der Waals surface area contributed by atoms with Crippen molar-refractivity contribution in [2.24, 2.45) is 5.73 Å². The Bertz CT molecular complexity index is 658. The second-order valence-electron chi connectivity index (χ2n) is 4.85. The molecule has 1 saturated heterocycles. The van der Waals surface area contributed by atoms with Crippen LogP contribution in [0.3, 0.4) is 0 Å². The third kappa shape index (κ3) is 1.88. The van der Waals surface area contributed by atoms with Gasteiger partial charge in [-0.2, -0.15) is 0 Å². The second kappa shape index (κ2) is 4.47. The fourth-order valence-corrected chi connectivity index (χ4v) is 2.95. The monoisotopic (exact) mass is 275 g/mol. The van der Waals surface area contributed by atoms with Crippen LogP contribution in [0, 0.1) is 0 Å². The van der Waals surface area contributed by atoms with Gasteiger partial charge in [0.15, 0.2) is 0 Å². The Morgan fingerprint density at radius 3 is 2.89 bits per heavy atom. The molecule has 0 bridgehead atoms. The molecule has 98 valence electrons. The summed E-state index contributed by atoms with van der Waals surface area (Å²) in [7, 11) is 1.78. The average Bonchev–Trinajstić information content (AvgIpc) is 2.65. The van der Waals surface area contributed by atoms with E-state index in [1.54, 1.807) is 18.1 Å². The highest BCUT2D eigenvalue weighted by Crippen LogP contribution is 2.36. The molecule has 1 fully saturated rings. The zero-order chi connectivity index (χ0) is 13.6. The molecule has 3 rings (SSSR count). The van der Waals surface area contributed by atoms with Crippen molar-refractivity contribution >= 4 is 28.4 Å². The minimum Gasteiger partial charge on any atom is -0.337 e. The van der Waals surface area contributed by atoms with Gasteiger partial charge in [-0.3, -0.25) is 9.78 Å². The van der Waals surface area contributed by atoms with Gasteiger partial charge in [-0.05, 0) is 18.2 Å². The number of rotatable bonds is 1. The Morgan fingerprint density at radius 2 is 2.21 bits per heavy atom. The van der Waals surface area contributed by atoms with Gasteiger partial charge in [0.2, 0.25) is 5.91 Å². The molecule has 2 aromatic rings. The lowest BCUT2D eigenvalue weighted by Crippen LogP contribution is -2.30. The fraction of sp³-hybridized carbons (Fsp3) is 0.286. The molecule has 0 saturated carbocycles. The molecule has 2 unspecified atom stereocenters. The van der Waals surface area contributed by atoms with Crippen molar-refractivity contribution in [3.63, 3.8) is 0 Å². The van der Waals surface area contributed by atoms with Crippen LogP contribution in [0.15, 0.2) is 30.5 Å². The smallest absolute Gasteiger partial charge is 0.224 e. The number of carbonyl (C=O) groups is 1. The minimum absolute atomic E-state index is 0.0662. The standard InChI is InChI=1S/C14H14ClN3O/c1-18-12(19)7-11(16)14(18)9-4-5-10(15)8-3-2-6-17-13(8)9/h2-6,11,14H,7,16H2,1H3. The highest BCUT2D eigenvalue weighted by Gasteiger charge is 2.37. The van der Waals surface area contributed by atoms with E-state index in [0.717, 1.165) is 16.5 Å². The molecule has 5 heteroatoms. The molecule has 1 amide bonds. The highest BCUT2D eigenvalue weighted by molar-refractivity contribution is 6.35. The zero-order valence-electron chi connectivity index (χ0n) is 10.5. The van der Waals surface area contributed by atoms with E-state index in [9.17, 15) is 4.79 Å². The van der Waals surface area contributed by atoms with Gasteiger partial charge in [0, 0.05) is 41.7 Å². The summed E-state index contributed by atoms with van der Waals surface area (Å²) in [6, 6.07) is 7.19. The molecule has 0 aliphatic carbocycles. The minimum atomic E-state index is -0.205. The lowest BCUT2D eigenvalue weighted by Gasteiger charge is -2.24. The maximum absolute atomic E-state index is 11.8. The molecule has 0 radical (unpaired) electrons. The van der Waals surface area contributed by atoms with E-state index in [2.05, 4.69) is 4.98 Å². The SMILES string of the molecule is CN1C(=O)CC(N)C1c1ccc(Cl)c2cccnc12. The number of amides is 1. The van der Waals surface area contributed by atoms with Gasteiger partial charge < -0.3 is 10.6 Å². The summed E-state index contributed by atoms with van der Waals surface area (Å²) in [5.41, 5.74) is 7.87. The fourth-order valence-electron chi connectivity index (χ4n) is 2.74. The molecule has 1 aliphatic heterocycles. The number of fused-ring (bicyclic) bond motifs is 1. The topological polar surface area (TPSA) is 59.2 Å². The predicted molar refractivity (Wildman–Crippen MR) is 74.9 cm³/mol. The van der Waals surface area contributed by atoms with Gasteiger partial charge in [-0.1, -0.05) is 17.7 Å². The van der Waals surface area contributed by atoms with Crippen molar-refractivity contribution in [1.82, 2.24) is 9.88 Å². The number of aromatic nitrogens is 1. The van der Waals surface area contributed by atoms with Crippen molar-refractivity contribution in [3.05, 3.63) is 41.0 Å². The van der Waals surface area contributed by atoms with Crippen LogP contribution in [0.5, 0.6) is 0 Å². The van der Waals surface area contributed by atoms with Gasteiger partial charge in [0.05, 0.1) is 11.6 Å². The third-order valence-corrected chi connectivity index (χ3v) is 4.02. The Morgan fingerprint density at radius 1 is 1.42 bits per heavy atom. The van der Waals surface area contributed by atoms with Gasteiger partial charge >= 0.3 is 0 Å². The van der Waals surface area contributed by atoms with Crippen molar-refractivity contribution < 1.29 is 4.79 Å². The van der Waals surface area contributed by atoms with Crippen molar-refractivity contribution in [1.29, 1.82) is 0 Å². The number of carbonyl (C=O) groups excluding carboxylic acids is 1. The molecule has 2 N–H and O–H groups in total. The van der Waals surface area contributed by atoms with Crippen LogP contribution < -0.4 is 5.73 Å². The van der Waals surface area contributed by atoms with Gasteiger partial charge in [0.25, 0.3) is 0 Å². The number of nitrogens with two attached hydrogens (primary N) is 1. The van der Waals surface area contributed by atoms with E-state index in [0.29, 0.717) is 11.4 Å². The highest BCUT2D eigenvalue weighted by atomic mass is 35.5. The second-order valence-corrected chi connectivity index (χ2v) is 5.26. The van der Waals surface area contributed by atoms with E-state index in [-0.39, 0.29) is 18.0 Å². The van der Waals surface area contributed by atoms with E-state index in [1.165, 1.54) is 0 Å². The lowest BCUT2D eigenvalue weighted by atomic mass is 9.98. The summed E-state index contributed by atoms with van der Waals surface area (Å²) in [4.78, 5) is 17.9. The number of nitrogens with zero attached hydrogens (tertiary/aromatic N) is 2. The number of likely N-dealkylation sites (tertiary alicyclic amines) is 1. The van der Waals surface area contributed by atoms with Gasteiger partial charge in [0.1, 0.15) is 0 Å². The number of benzene rings is 1. The van der Waals surface area contributed by atoms with Crippen molar-refractivity contribution in [3.8, 4) is 0 Å². The summed E-state index contributed by atoms with van der Waals surface area (Å²) >= 11 is 6.19. The number of pyridine rings is 1. The quantitative estimate of drug-likeness (QED) is 0.867. The van der Waals surface area contributed by atoms with E-state index in [4.69, 9.17) is 17.3 Å². The van der Waals surface area contributed by atoms with Crippen LogP contribution >= 0.6 is 11.6 Å². The number of likely N-dealkylation sites (N-methyl/N-ethyl adjacent to an activating group) is 1. The number of hydrogen-bond donors (Lipinski definition) is 1. The van der Waals surface area contributed by atoms with Crippen molar-refractivity contribution in [2.45, 2.75) is 18.5 Å². The predicted octanol–water partition coefficient (Wildman–Crippen LogP) is 2.12. The molecular weight excluding hydrogens is 262 g/mol. The van der Waals surface area contributed by atoms with E-state index < -0.39 is 0 Å². The summed E-state index contributed by atoms with van der Waals surface area (Å²) in [5.74, 6) is 0.0662. The summed E-state index contributed by atoms with van der Waals surface area (Å²) in [6.45, 7) is 0. The molecular formula is C14H14ClN3O. The van der Waals surface area contributed by atoms with E-state index in [1.807, 2.05) is 24.3 Å². The normalized spacial score (nSPS) is 23.3. The maximum atomic E-state index is 11.8. The Kier molecular flexibility index (Phi) is 2.92. The molecule has 0 spiro atoms. The van der Waals surface area contributed by atoms with Crippen LogP contribution in [0.25, 0.3) is 10.9 Å². The van der Waals surface area contributed by atoms with Crippen LogP contribution in [0.4, 0.5) is 0 Å². The molecule has 1 aromatic heterocycles. The Hall–Kier alpha value is -1.65. The average molecular weight is 276 g/mol. The molecule has 2 atom stereocenters. The van der Waals surface area contributed by atoms with Gasteiger partial charge in [-0.25, -0.2) is 0 Å². The van der Waals surface area contributed by atoms with Crippen LogP contribution in [-0.2, 0) is 4.79 Å². The number of hydrogen-bond acceptors (Lipinski definition) is 3. The molecule has 2 heterocycles. The summed E-state index contributed by atoms with van der Waals surface area (Å²) in [5, 5.41) is 1.55. The van der Waals surface area contributed by atoms with Crippen LogP contribution in [0.2, 0.25) is 5.02 Å². The van der Waals surface area contributed by atoms with E-state index >= 15 is 0 Å². The van der Waals surface area contributed by atoms with Gasteiger partial charge in [-0.15, -0.1) is 0 Å². The Balaban J connectivity index is 2.21. The first kappa shape index (κ1) is 12.4. The van der Waals surface area contributed by atoms with Crippen molar-refractivity contribution in [2.75, 3.05) is 7.05 Å². The molecule has 4 nitrogen and oxygen atoms in total. The zero-order valence-corrected chi connectivity index (χ0v) is 11.3. The number of halogens is 1. The molecule has 1 aromatic carbocycles. The molecule has 19 heavy (non-hydrogen) atoms. The first-order chi connectivity index (χ1) is 9.09. The van der Waals surface area contributed by atoms with Crippen LogP contribution in [0.1, 0.15) is 18.0 Å². The van der Waals surface area contributed by atoms with Crippen LogP contribution in [-0.4, -0.2) is 28.9 Å². The third-order valence-electron chi connectivity index (χ3n) is 3.69. The molecule has 1 aliphatic rings. The first-order valence-electron chi connectivity index (χ1n) is 6.14.